The fourth-order valence-electron chi connectivity index (χ4n) is 3.35. The first-order valence-corrected chi connectivity index (χ1v) is 11.1. The zero-order valence-corrected chi connectivity index (χ0v) is 18.7. The highest BCUT2D eigenvalue weighted by Gasteiger charge is 2.27. The number of rotatable bonds is 5. The maximum Gasteiger partial charge on any atom is 0.233 e. The van der Waals surface area contributed by atoms with Crippen LogP contribution in [-0.4, -0.2) is 26.8 Å². The molecule has 2 N–H and O–H groups in total. The zero-order valence-electron chi connectivity index (χ0n) is 17.1. The van der Waals surface area contributed by atoms with Gasteiger partial charge in [0.15, 0.2) is 0 Å². The summed E-state index contributed by atoms with van der Waals surface area (Å²) in [5.41, 5.74) is 2.43. The molecule has 0 bridgehead atoms. The summed E-state index contributed by atoms with van der Waals surface area (Å²) in [5, 5.41) is 6.64. The van der Waals surface area contributed by atoms with E-state index >= 15 is 0 Å². The van der Waals surface area contributed by atoms with E-state index in [2.05, 4.69) is 68.4 Å². The van der Waals surface area contributed by atoms with Crippen LogP contribution in [0.2, 0.25) is 0 Å². The monoisotopic (exact) mass is 454 g/mol. The predicted molar refractivity (Wildman–Crippen MR) is 122 cm³/mol. The number of amidine groups is 1. The van der Waals surface area contributed by atoms with Crippen molar-refractivity contribution >= 4 is 39.3 Å². The van der Waals surface area contributed by atoms with E-state index in [4.69, 9.17) is 4.99 Å². The fourth-order valence-corrected chi connectivity index (χ4v) is 3.61. The van der Waals surface area contributed by atoms with Crippen LogP contribution >= 0.6 is 15.9 Å². The molecule has 1 unspecified atom stereocenters. The smallest absolute Gasteiger partial charge is 0.233 e. The second kappa shape index (κ2) is 8.61. The van der Waals surface area contributed by atoms with Crippen molar-refractivity contribution in [1.29, 1.82) is 0 Å². The molecule has 6 nitrogen and oxygen atoms in total. The van der Waals surface area contributed by atoms with Crippen LogP contribution in [0.3, 0.4) is 0 Å². The van der Waals surface area contributed by atoms with Gasteiger partial charge >= 0.3 is 0 Å². The Hall–Kier alpha value is -2.28. The van der Waals surface area contributed by atoms with Gasteiger partial charge in [0.05, 0.1) is 0 Å². The van der Waals surface area contributed by atoms with Crippen LogP contribution in [0.15, 0.2) is 45.4 Å². The number of halogens is 1. The summed E-state index contributed by atoms with van der Waals surface area (Å²) < 4.78 is 1.03. The molecule has 0 radical (unpaired) electrons. The van der Waals surface area contributed by atoms with Crippen molar-refractivity contribution < 1.29 is 0 Å². The second-order valence-corrected chi connectivity index (χ2v) is 9.06. The molecule has 4 rings (SSSR count). The quantitative estimate of drug-likeness (QED) is 0.593. The average molecular weight is 455 g/mol. The van der Waals surface area contributed by atoms with Crippen LogP contribution in [0.5, 0.6) is 0 Å². The van der Waals surface area contributed by atoms with Crippen molar-refractivity contribution in [1.82, 2.24) is 15.0 Å². The molecule has 7 heteroatoms. The maximum atomic E-state index is 4.83. The number of nitrogens with zero attached hydrogens (tertiary/aromatic N) is 4. The Morgan fingerprint density at radius 2 is 1.66 bits per heavy atom. The van der Waals surface area contributed by atoms with Crippen LogP contribution in [-0.2, 0) is 0 Å². The lowest BCUT2D eigenvalue weighted by atomic mass is 10.0. The average Bonchev–Trinajstić information content (AvgIpc) is 3.52. The Labute approximate surface area is 180 Å². The van der Waals surface area contributed by atoms with Crippen LogP contribution in [0.4, 0.5) is 17.6 Å². The summed E-state index contributed by atoms with van der Waals surface area (Å²) in [6, 6.07) is 8.22. The first-order chi connectivity index (χ1) is 14.0. The third kappa shape index (κ3) is 5.41. The van der Waals surface area contributed by atoms with Gasteiger partial charge in [-0.3, -0.25) is 4.99 Å². The van der Waals surface area contributed by atoms with Crippen molar-refractivity contribution in [2.24, 2.45) is 10.9 Å². The van der Waals surface area contributed by atoms with Crippen molar-refractivity contribution in [3.05, 3.63) is 46.2 Å². The molecular weight excluding hydrogens is 428 g/mol. The molecule has 152 valence electrons. The Morgan fingerprint density at radius 3 is 2.31 bits per heavy atom. The highest BCUT2D eigenvalue weighted by atomic mass is 79.9. The summed E-state index contributed by atoms with van der Waals surface area (Å²) >= 11 is 3.46. The van der Waals surface area contributed by atoms with Crippen molar-refractivity contribution in [2.45, 2.75) is 58.4 Å². The number of anilines is 3. The number of benzene rings is 1. The molecule has 1 atom stereocenters. The summed E-state index contributed by atoms with van der Waals surface area (Å²) in [5.74, 6) is 3.59. The SMILES string of the molecule is CC1CCC(C2CC2)=CC(Nc2nc(Nc3ccc(Br)cc3)nc(C(C)C)n2)=N1. The van der Waals surface area contributed by atoms with E-state index in [9.17, 15) is 0 Å². The standard InChI is InChI=1S/C22H27BrN6/c1-13(2)20-27-21(25-18-10-8-17(23)9-11-18)29-22(28-20)26-19-12-16(15-6-7-15)5-4-14(3)24-19/h8-15H,4-7H2,1-3H3,(H2,24,25,26,27,28,29). The van der Waals surface area contributed by atoms with Crippen LogP contribution in [0.25, 0.3) is 0 Å². The molecule has 1 saturated carbocycles. The van der Waals surface area contributed by atoms with Crippen molar-refractivity contribution in [2.75, 3.05) is 10.6 Å². The Kier molecular flexibility index (Phi) is 5.94. The van der Waals surface area contributed by atoms with Gasteiger partial charge in [-0.25, -0.2) is 0 Å². The number of hydrogen-bond acceptors (Lipinski definition) is 6. The molecule has 0 amide bonds. The van der Waals surface area contributed by atoms with Gasteiger partial charge in [0.1, 0.15) is 11.7 Å². The number of aromatic nitrogens is 3. The summed E-state index contributed by atoms with van der Waals surface area (Å²) in [6.45, 7) is 6.33. The maximum absolute atomic E-state index is 4.83. The van der Waals surface area contributed by atoms with E-state index in [0.29, 0.717) is 11.9 Å². The lowest BCUT2D eigenvalue weighted by Crippen LogP contribution is -2.16. The van der Waals surface area contributed by atoms with Gasteiger partial charge in [-0.1, -0.05) is 35.4 Å². The molecule has 1 aliphatic carbocycles. The molecule has 1 aromatic carbocycles. The molecule has 2 aliphatic rings. The number of hydrogen-bond donors (Lipinski definition) is 2. The minimum Gasteiger partial charge on any atom is -0.324 e. The molecule has 0 spiro atoms. The van der Waals surface area contributed by atoms with Gasteiger partial charge in [0.2, 0.25) is 11.9 Å². The number of nitrogens with one attached hydrogen (secondary N) is 2. The molecule has 2 heterocycles. The summed E-state index contributed by atoms with van der Waals surface area (Å²) in [7, 11) is 0. The molecule has 1 fully saturated rings. The van der Waals surface area contributed by atoms with Gasteiger partial charge in [-0.15, -0.1) is 0 Å². The van der Waals surface area contributed by atoms with Gasteiger partial charge in [-0.05, 0) is 68.9 Å². The largest absolute Gasteiger partial charge is 0.324 e. The molecule has 29 heavy (non-hydrogen) atoms. The van der Waals surface area contributed by atoms with Crippen LogP contribution < -0.4 is 10.6 Å². The normalized spacial score (nSPS) is 19.4. The topological polar surface area (TPSA) is 75.1 Å². The van der Waals surface area contributed by atoms with Crippen molar-refractivity contribution in [3.8, 4) is 0 Å². The number of aliphatic imine (C=N–C) groups is 1. The first kappa shape index (κ1) is 20.0. The van der Waals surface area contributed by atoms with Gasteiger partial charge in [-0.2, -0.15) is 15.0 Å². The van der Waals surface area contributed by atoms with Gasteiger partial charge in [0.25, 0.3) is 0 Å². The minimum atomic E-state index is 0.191. The van der Waals surface area contributed by atoms with E-state index in [1.54, 1.807) is 0 Å². The van der Waals surface area contributed by atoms with Crippen molar-refractivity contribution in [3.63, 3.8) is 0 Å². The third-order valence-electron chi connectivity index (χ3n) is 5.14. The predicted octanol–water partition coefficient (Wildman–Crippen LogP) is 5.83. The molecule has 2 aromatic rings. The second-order valence-electron chi connectivity index (χ2n) is 8.15. The van der Waals surface area contributed by atoms with E-state index in [1.807, 2.05) is 24.3 Å². The molecule has 1 aromatic heterocycles. The number of allylic oxidation sites excluding steroid dienone is 1. The van der Waals surface area contributed by atoms with Gasteiger partial charge in [0, 0.05) is 22.1 Å². The Morgan fingerprint density at radius 1 is 0.966 bits per heavy atom. The van der Waals surface area contributed by atoms with Crippen LogP contribution in [0.1, 0.15) is 58.2 Å². The van der Waals surface area contributed by atoms with E-state index < -0.39 is 0 Å². The minimum absolute atomic E-state index is 0.191. The highest BCUT2D eigenvalue weighted by Crippen LogP contribution is 2.39. The fraction of sp³-hybridized carbons (Fsp3) is 0.455. The zero-order chi connectivity index (χ0) is 20.4. The van der Waals surface area contributed by atoms with Gasteiger partial charge < -0.3 is 10.6 Å². The molecule has 0 saturated heterocycles. The van der Waals surface area contributed by atoms with E-state index in [0.717, 1.165) is 40.6 Å². The lowest BCUT2D eigenvalue weighted by molar-refractivity contribution is 0.657. The Balaban J connectivity index is 1.60. The molecular formula is C22H27BrN6. The van der Waals surface area contributed by atoms with E-state index in [1.165, 1.54) is 18.4 Å². The molecule has 1 aliphatic heterocycles. The highest BCUT2D eigenvalue weighted by molar-refractivity contribution is 9.10. The summed E-state index contributed by atoms with van der Waals surface area (Å²) in [4.78, 5) is 18.7. The van der Waals surface area contributed by atoms with Crippen LogP contribution in [0, 0.1) is 5.92 Å². The van der Waals surface area contributed by atoms with E-state index in [-0.39, 0.29) is 12.0 Å². The lowest BCUT2D eigenvalue weighted by Gasteiger charge is -2.12. The third-order valence-corrected chi connectivity index (χ3v) is 5.67. The Bertz CT molecular complexity index is 931. The summed E-state index contributed by atoms with van der Waals surface area (Å²) in [6.07, 6.45) is 7.04. The first-order valence-electron chi connectivity index (χ1n) is 10.3.